The van der Waals surface area contributed by atoms with Crippen LogP contribution in [0.3, 0.4) is 0 Å². The Morgan fingerprint density at radius 2 is 2.14 bits per heavy atom. The molecule has 0 unspecified atom stereocenters. The summed E-state index contributed by atoms with van der Waals surface area (Å²) in [5.41, 5.74) is 2.02. The van der Waals surface area contributed by atoms with Crippen LogP contribution >= 0.6 is 0 Å². The van der Waals surface area contributed by atoms with E-state index in [1.54, 1.807) is 11.0 Å². The average Bonchev–Trinajstić information content (AvgIpc) is 2.87. The lowest BCUT2D eigenvalue weighted by atomic mass is 10.1. The van der Waals surface area contributed by atoms with Crippen molar-refractivity contribution in [3.8, 4) is 11.4 Å². The number of hydrogen-bond acceptors (Lipinski definition) is 5. The smallest absolute Gasteiger partial charge is 0.317 e. The predicted octanol–water partition coefficient (Wildman–Crippen LogP) is 2.12. The highest BCUT2D eigenvalue weighted by Gasteiger charge is 2.14. The topological polar surface area (TPSA) is 79.5 Å². The Balaban J connectivity index is 2.09. The van der Waals surface area contributed by atoms with E-state index >= 15 is 0 Å². The zero-order valence-corrected chi connectivity index (χ0v) is 11.8. The fourth-order valence-corrected chi connectivity index (χ4v) is 1.89. The molecule has 0 fully saturated rings. The van der Waals surface area contributed by atoms with E-state index in [2.05, 4.69) is 16.7 Å². The van der Waals surface area contributed by atoms with Gasteiger partial charge < -0.3 is 9.63 Å². The van der Waals surface area contributed by atoms with Gasteiger partial charge in [0.05, 0.1) is 13.1 Å². The quantitative estimate of drug-likeness (QED) is 0.786. The summed E-state index contributed by atoms with van der Waals surface area (Å²) in [6.45, 7) is 6.22. The van der Waals surface area contributed by atoms with E-state index in [9.17, 15) is 4.79 Å². The monoisotopic (exact) mass is 287 g/mol. The van der Waals surface area contributed by atoms with Crippen LogP contribution in [0.15, 0.2) is 41.4 Å². The average molecular weight is 287 g/mol. The molecular weight excluding hydrogens is 270 g/mol. The molecule has 0 saturated carbocycles. The van der Waals surface area contributed by atoms with Gasteiger partial charge in [-0.25, -0.2) is 0 Å². The maximum atomic E-state index is 10.8. The van der Waals surface area contributed by atoms with Gasteiger partial charge in [-0.1, -0.05) is 41.1 Å². The minimum Gasteiger partial charge on any atom is -0.480 e. The molecule has 1 heterocycles. The van der Waals surface area contributed by atoms with Crippen LogP contribution in [0.1, 0.15) is 11.5 Å². The molecule has 0 radical (unpaired) electrons. The Labute approximate surface area is 122 Å². The minimum absolute atomic E-state index is 0.103. The lowest BCUT2D eigenvalue weighted by molar-refractivity contribution is -0.138. The summed E-state index contributed by atoms with van der Waals surface area (Å²) < 4.78 is 5.18. The second-order valence-electron chi connectivity index (χ2n) is 4.73. The van der Waals surface area contributed by atoms with Gasteiger partial charge in [-0.15, -0.1) is 6.58 Å². The molecule has 0 amide bonds. The van der Waals surface area contributed by atoms with Gasteiger partial charge in [0.2, 0.25) is 11.7 Å². The highest BCUT2D eigenvalue weighted by atomic mass is 16.5. The van der Waals surface area contributed by atoms with Gasteiger partial charge in [0, 0.05) is 12.1 Å². The molecule has 0 spiro atoms. The van der Waals surface area contributed by atoms with E-state index in [0.717, 1.165) is 11.1 Å². The SMILES string of the molecule is C=CCN(CC(=O)O)Cc1nc(-c2ccc(C)cc2)no1. The van der Waals surface area contributed by atoms with Gasteiger partial charge in [-0.2, -0.15) is 4.98 Å². The number of nitrogens with zero attached hydrogens (tertiary/aromatic N) is 3. The fraction of sp³-hybridized carbons (Fsp3) is 0.267. The first-order valence-electron chi connectivity index (χ1n) is 6.53. The first-order chi connectivity index (χ1) is 10.1. The maximum Gasteiger partial charge on any atom is 0.317 e. The molecule has 0 saturated heterocycles. The largest absolute Gasteiger partial charge is 0.480 e. The van der Waals surface area contributed by atoms with Crippen LogP contribution in [-0.4, -0.2) is 39.2 Å². The van der Waals surface area contributed by atoms with Crippen LogP contribution in [0.25, 0.3) is 11.4 Å². The highest BCUT2D eigenvalue weighted by molar-refractivity contribution is 5.69. The predicted molar refractivity (Wildman–Crippen MR) is 77.6 cm³/mol. The molecule has 1 aromatic carbocycles. The number of benzene rings is 1. The minimum atomic E-state index is -0.907. The molecule has 0 aliphatic rings. The molecular formula is C15H17N3O3. The number of hydrogen-bond donors (Lipinski definition) is 1. The summed E-state index contributed by atoms with van der Waals surface area (Å²) in [7, 11) is 0. The normalized spacial score (nSPS) is 10.8. The molecule has 1 aromatic heterocycles. The highest BCUT2D eigenvalue weighted by Crippen LogP contribution is 2.16. The summed E-state index contributed by atoms with van der Waals surface area (Å²) in [6, 6.07) is 7.78. The summed E-state index contributed by atoms with van der Waals surface area (Å²) in [4.78, 5) is 16.7. The zero-order chi connectivity index (χ0) is 15.2. The van der Waals surface area contributed by atoms with Crippen LogP contribution in [0.4, 0.5) is 0 Å². The number of carboxylic acids is 1. The van der Waals surface area contributed by atoms with E-state index in [-0.39, 0.29) is 13.1 Å². The molecule has 6 nitrogen and oxygen atoms in total. The maximum absolute atomic E-state index is 10.8. The standard InChI is InChI=1S/C15H17N3O3/c1-3-8-18(10-14(19)20)9-13-16-15(17-21-13)12-6-4-11(2)5-7-12/h3-7H,1,8-10H2,2H3,(H,19,20). The third-order valence-electron chi connectivity index (χ3n) is 2.88. The Hall–Kier alpha value is -2.47. The van der Waals surface area contributed by atoms with Crippen LogP contribution < -0.4 is 0 Å². The van der Waals surface area contributed by atoms with Crippen molar-refractivity contribution < 1.29 is 14.4 Å². The third-order valence-corrected chi connectivity index (χ3v) is 2.88. The van der Waals surface area contributed by atoms with Crippen molar-refractivity contribution in [1.29, 1.82) is 0 Å². The number of rotatable bonds is 7. The Morgan fingerprint density at radius 1 is 1.43 bits per heavy atom. The molecule has 1 N–H and O–H groups in total. The van der Waals surface area contributed by atoms with Crippen molar-refractivity contribution in [2.75, 3.05) is 13.1 Å². The molecule has 6 heteroatoms. The Morgan fingerprint density at radius 3 is 2.76 bits per heavy atom. The fourth-order valence-electron chi connectivity index (χ4n) is 1.89. The Kier molecular flexibility index (Phi) is 4.84. The van der Waals surface area contributed by atoms with Crippen molar-refractivity contribution in [1.82, 2.24) is 15.0 Å². The molecule has 0 atom stereocenters. The molecule has 21 heavy (non-hydrogen) atoms. The molecule has 2 aromatic rings. The molecule has 0 aliphatic carbocycles. The number of aryl methyl sites for hydroxylation is 1. The summed E-state index contributed by atoms with van der Waals surface area (Å²) in [6.07, 6.45) is 1.64. The summed E-state index contributed by atoms with van der Waals surface area (Å²) in [5, 5.41) is 12.8. The van der Waals surface area contributed by atoms with Crippen molar-refractivity contribution in [2.24, 2.45) is 0 Å². The van der Waals surface area contributed by atoms with Crippen LogP contribution in [-0.2, 0) is 11.3 Å². The number of aliphatic carboxylic acids is 1. The van der Waals surface area contributed by atoms with Gasteiger partial charge in [0.15, 0.2) is 0 Å². The van der Waals surface area contributed by atoms with Gasteiger partial charge in [-0.3, -0.25) is 9.69 Å². The van der Waals surface area contributed by atoms with Gasteiger partial charge in [-0.05, 0) is 6.92 Å². The lowest BCUT2D eigenvalue weighted by Gasteiger charge is -2.15. The molecule has 110 valence electrons. The number of carbonyl (C=O) groups is 1. The summed E-state index contributed by atoms with van der Waals surface area (Å²) in [5.74, 6) is -0.0253. The van der Waals surface area contributed by atoms with E-state index < -0.39 is 5.97 Å². The van der Waals surface area contributed by atoms with Crippen molar-refractivity contribution in [2.45, 2.75) is 13.5 Å². The van der Waals surface area contributed by atoms with Gasteiger partial charge in [0.25, 0.3) is 0 Å². The first-order valence-corrected chi connectivity index (χ1v) is 6.53. The summed E-state index contributed by atoms with van der Waals surface area (Å²) >= 11 is 0. The molecule has 0 aliphatic heterocycles. The van der Waals surface area contributed by atoms with Gasteiger partial charge >= 0.3 is 5.97 Å². The van der Waals surface area contributed by atoms with E-state index in [0.29, 0.717) is 18.3 Å². The van der Waals surface area contributed by atoms with Crippen LogP contribution in [0, 0.1) is 6.92 Å². The second-order valence-corrected chi connectivity index (χ2v) is 4.73. The number of aromatic nitrogens is 2. The van der Waals surface area contributed by atoms with E-state index in [4.69, 9.17) is 9.63 Å². The Bertz CT molecular complexity index is 619. The van der Waals surface area contributed by atoms with Crippen molar-refractivity contribution in [3.63, 3.8) is 0 Å². The van der Waals surface area contributed by atoms with Crippen LogP contribution in [0.5, 0.6) is 0 Å². The zero-order valence-electron chi connectivity index (χ0n) is 11.8. The first kappa shape index (κ1) is 14.9. The van der Waals surface area contributed by atoms with Gasteiger partial charge in [0.1, 0.15) is 0 Å². The van der Waals surface area contributed by atoms with E-state index in [1.807, 2.05) is 31.2 Å². The van der Waals surface area contributed by atoms with Crippen molar-refractivity contribution >= 4 is 5.97 Å². The second kappa shape index (κ2) is 6.81. The number of carboxylic acid groups (broad SMARTS) is 1. The van der Waals surface area contributed by atoms with Crippen LogP contribution in [0.2, 0.25) is 0 Å². The molecule has 0 bridgehead atoms. The third kappa shape index (κ3) is 4.25. The molecule has 2 rings (SSSR count). The lowest BCUT2D eigenvalue weighted by Crippen LogP contribution is -2.29. The van der Waals surface area contributed by atoms with E-state index in [1.165, 1.54) is 0 Å². The van der Waals surface area contributed by atoms with Crippen molar-refractivity contribution in [3.05, 3.63) is 48.4 Å².